The fourth-order valence-electron chi connectivity index (χ4n) is 2.44. The second-order valence-corrected chi connectivity index (χ2v) is 7.14. The summed E-state index contributed by atoms with van der Waals surface area (Å²) in [4.78, 5) is 11.0. The first-order chi connectivity index (χ1) is 9.41. The number of rotatable bonds is 4. The predicted octanol–water partition coefficient (Wildman–Crippen LogP) is 2.36. The van der Waals surface area contributed by atoms with Crippen molar-refractivity contribution in [2.45, 2.75) is 36.6 Å². The molecule has 1 aliphatic heterocycles. The maximum atomic E-state index is 12.6. The van der Waals surface area contributed by atoms with Crippen molar-refractivity contribution in [1.29, 1.82) is 0 Å². The molecule has 0 saturated carbocycles. The molecule has 5 nitrogen and oxygen atoms in total. The Morgan fingerprint density at radius 2 is 1.95 bits per heavy atom. The lowest BCUT2D eigenvalue weighted by atomic mass is 10.0. The van der Waals surface area contributed by atoms with Gasteiger partial charge in [-0.15, -0.1) is 0 Å². The number of halogens is 1. The SMILES string of the molecule is O=C(O)C[C@@H]1CCCCN1S(=O)(=O)c1ccc(Cl)cc1. The van der Waals surface area contributed by atoms with Gasteiger partial charge in [-0.3, -0.25) is 4.79 Å². The van der Waals surface area contributed by atoms with Crippen LogP contribution >= 0.6 is 11.6 Å². The lowest BCUT2D eigenvalue weighted by molar-refractivity contribution is -0.138. The molecule has 0 radical (unpaired) electrons. The van der Waals surface area contributed by atoms with E-state index in [9.17, 15) is 13.2 Å². The lowest BCUT2D eigenvalue weighted by Gasteiger charge is -2.33. The third kappa shape index (κ3) is 3.31. The van der Waals surface area contributed by atoms with Gasteiger partial charge in [-0.2, -0.15) is 4.31 Å². The van der Waals surface area contributed by atoms with Crippen LogP contribution in [0.3, 0.4) is 0 Å². The number of piperidine rings is 1. The van der Waals surface area contributed by atoms with Gasteiger partial charge in [-0.05, 0) is 37.1 Å². The number of aliphatic carboxylic acids is 1. The van der Waals surface area contributed by atoms with Crippen LogP contribution < -0.4 is 0 Å². The summed E-state index contributed by atoms with van der Waals surface area (Å²) in [6.45, 7) is 0.364. The summed E-state index contributed by atoms with van der Waals surface area (Å²) >= 11 is 5.76. The third-order valence-electron chi connectivity index (χ3n) is 3.40. The molecule has 2 rings (SSSR count). The summed E-state index contributed by atoms with van der Waals surface area (Å²) in [5, 5.41) is 9.38. The van der Waals surface area contributed by atoms with Crippen LogP contribution in [0.1, 0.15) is 25.7 Å². The molecule has 20 heavy (non-hydrogen) atoms. The molecule has 0 aromatic heterocycles. The van der Waals surface area contributed by atoms with Crippen LogP contribution in [0.25, 0.3) is 0 Å². The van der Waals surface area contributed by atoms with Gasteiger partial charge in [0, 0.05) is 17.6 Å². The van der Waals surface area contributed by atoms with Crippen molar-refractivity contribution >= 4 is 27.6 Å². The Bertz CT molecular complexity index is 585. The number of benzene rings is 1. The van der Waals surface area contributed by atoms with E-state index in [1.54, 1.807) is 0 Å². The molecule has 1 aromatic rings. The number of carbonyl (C=O) groups is 1. The van der Waals surface area contributed by atoms with Crippen LogP contribution in [0.2, 0.25) is 5.02 Å². The fraction of sp³-hybridized carbons (Fsp3) is 0.462. The average Bonchev–Trinajstić information content (AvgIpc) is 2.39. The Labute approximate surface area is 123 Å². The van der Waals surface area contributed by atoms with Crippen molar-refractivity contribution in [3.63, 3.8) is 0 Å². The maximum Gasteiger partial charge on any atom is 0.304 e. The van der Waals surface area contributed by atoms with Gasteiger partial charge >= 0.3 is 5.97 Å². The normalized spacial score (nSPS) is 20.8. The van der Waals surface area contributed by atoms with E-state index in [1.165, 1.54) is 28.6 Å². The van der Waals surface area contributed by atoms with Gasteiger partial charge in [0.1, 0.15) is 0 Å². The van der Waals surface area contributed by atoms with Gasteiger partial charge in [0.05, 0.1) is 11.3 Å². The Morgan fingerprint density at radius 3 is 2.55 bits per heavy atom. The smallest absolute Gasteiger partial charge is 0.304 e. The van der Waals surface area contributed by atoms with Gasteiger partial charge in [0.15, 0.2) is 0 Å². The van der Waals surface area contributed by atoms with Gasteiger partial charge in [-0.1, -0.05) is 18.0 Å². The Balaban J connectivity index is 2.30. The van der Waals surface area contributed by atoms with E-state index in [0.717, 1.165) is 12.8 Å². The minimum absolute atomic E-state index is 0.152. The van der Waals surface area contributed by atoms with E-state index < -0.39 is 22.0 Å². The molecule has 7 heteroatoms. The highest BCUT2D eigenvalue weighted by Crippen LogP contribution is 2.27. The molecule has 1 atom stereocenters. The van der Waals surface area contributed by atoms with Crippen LogP contribution in [-0.4, -0.2) is 36.4 Å². The summed E-state index contributed by atoms with van der Waals surface area (Å²) in [6, 6.07) is 5.46. The molecule has 0 bridgehead atoms. The van der Waals surface area contributed by atoms with Crippen molar-refractivity contribution in [3.8, 4) is 0 Å². The number of carboxylic acids is 1. The molecule has 0 unspecified atom stereocenters. The average molecular weight is 318 g/mol. The van der Waals surface area contributed by atoms with Crippen molar-refractivity contribution in [2.24, 2.45) is 0 Å². The number of sulfonamides is 1. The molecule has 1 heterocycles. The van der Waals surface area contributed by atoms with E-state index in [0.29, 0.717) is 18.0 Å². The molecule has 1 aliphatic rings. The largest absolute Gasteiger partial charge is 0.481 e. The van der Waals surface area contributed by atoms with E-state index in [2.05, 4.69) is 0 Å². The first-order valence-electron chi connectivity index (χ1n) is 6.40. The third-order valence-corrected chi connectivity index (χ3v) is 5.62. The lowest BCUT2D eigenvalue weighted by Crippen LogP contribution is -2.44. The summed E-state index contributed by atoms with van der Waals surface area (Å²) in [6.07, 6.45) is 2.03. The van der Waals surface area contributed by atoms with Gasteiger partial charge in [-0.25, -0.2) is 8.42 Å². The van der Waals surface area contributed by atoms with Gasteiger partial charge in [0.25, 0.3) is 0 Å². The summed E-state index contributed by atoms with van der Waals surface area (Å²) in [5.74, 6) is -0.979. The molecular weight excluding hydrogens is 302 g/mol. The molecule has 110 valence electrons. The Hall–Kier alpha value is -1.11. The van der Waals surface area contributed by atoms with Gasteiger partial charge < -0.3 is 5.11 Å². The highest BCUT2D eigenvalue weighted by Gasteiger charge is 2.34. The molecule has 1 aromatic carbocycles. The zero-order chi connectivity index (χ0) is 14.8. The molecule has 0 spiro atoms. The van der Waals surface area contributed by atoms with E-state index >= 15 is 0 Å². The van der Waals surface area contributed by atoms with Crippen LogP contribution in [-0.2, 0) is 14.8 Å². The van der Waals surface area contributed by atoms with Crippen LogP contribution in [0.5, 0.6) is 0 Å². The number of hydrogen-bond acceptors (Lipinski definition) is 3. The molecule has 0 amide bonds. The number of nitrogens with zero attached hydrogens (tertiary/aromatic N) is 1. The number of hydrogen-bond donors (Lipinski definition) is 1. The Morgan fingerprint density at radius 1 is 1.30 bits per heavy atom. The molecule has 0 aliphatic carbocycles. The maximum absolute atomic E-state index is 12.6. The summed E-state index contributed by atoms with van der Waals surface area (Å²) in [7, 11) is -3.66. The van der Waals surface area contributed by atoms with E-state index in [1.807, 2.05) is 0 Å². The minimum atomic E-state index is -3.66. The van der Waals surface area contributed by atoms with Crippen LogP contribution in [0, 0.1) is 0 Å². The first kappa shape index (κ1) is 15.3. The van der Waals surface area contributed by atoms with Gasteiger partial charge in [0.2, 0.25) is 10.0 Å². The second-order valence-electron chi connectivity index (χ2n) is 4.82. The highest BCUT2D eigenvalue weighted by atomic mass is 35.5. The molecule has 1 saturated heterocycles. The highest BCUT2D eigenvalue weighted by molar-refractivity contribution is 7.89. The fourth-order valence-corrected chi connectivity index (χ4v) is 4.26. The second kappa shape index (κ2) is 6.11. The van der Waals surface area contributed by atoms with Crippen LogP contribution in [0.4, 0.5) is 0 Å². The predicted molar refractivity (Wildman–Crippen MR) is 75.2 cm³/mol. The topological polar surface area (TPSA) is 74.7 Å². The number of carboxylic acid groups (broad SMARTS) is 1. The molecular formula is C13H16ClNO4S. The summed E-state index contributed by atoms with van der Waals surface area (Å²) in [5.41, 5.74) is 0. The van der Waals surface area contributed by atoms with Crippen molar-refractivity contribution in [3.05, 3.63) is 29.3 Å². The van der Waals surface area contributed by atoms with Crippen molar-refractivity contribution in [2.75, 3.05) is 6.54 Å². The zero-order valence-corrected chi connectivity index (χ0v) is 12.4. The van der Waals surface area contributed by atoms with E-state index in [4.69, 9.17) is 16.7 Å². The molecule has 1 fully saturated rings. The quantitative estimate of drug-likeness (QED) is 0.925. The molecule has 1 N–H and O–H groups in total. The summed E-state index contributed by atoms with van der Waals surface area (Å²) < 4.78 is 26.5. The standard InChI is InChI=1S/C13H16ClNO4S/c14-10-4-6-12(7-5-10)20(18,19)15-8-2-1-3-11(15)9-13(16)17/h4-7,11H,1-3,8-9H2,(H,16,17)/t11-/m0/s1. The first-order valence-corrected chi connectivity index (χ1v) is 8.22. The van der Waals surface area contributed by atoms with Crippen molar-refractivity contribution < 1.29 is 18.3 Å². The Kier molecular flexibility index (Phi) is 4.67. The zero-order valence-electron chi connectivity index (χ0n) is 10.8. The van der Waals surface area contributed by atoms with E-state index in [-0.39, 0.29) is 11.3 Å². The van der Waals surface area contributed by atoms with Crippen LogP contribution in [0.15, 0.2) is 29.2 Å². The monoisotopic (exact) mass is 317 g/mol. The van der Waals surface area contributed by atoms with Crippen molar-refractivity contribution in [1.82, 2.24) is 4.31 Å². The minimum Gasteiger partial charge on any atom is -0.481 e.